The molecule has 3 amide bonds. The van der Waals surface area contributed by atoms with Crippen molar-refractivity contribution >= 4 is 28.7 Å². The van der Waals surface area contributed by atoms with Gasteiger partial charge in [0.1, 0.15) is 11.4 Å². The van der Waals surface area contributed by atoms with Gasteiger partial charge in [0.2, 0.25) is 0 Å². The molecular weight excluding hydrogens is 413 g/mol. The van der Waals surface area contributed by atoms with Gasteiger partial charge in [0.05, 0.1) is 5.52 Å². The Morgan fingerprint density at radius 2 is 1.50 bits per heavy atom. The number of piperazine rings is 2. The van der Waals surface area contributed by atoms with Crippen LogP contribution in [0.3, 0.4) is 0 Å². The highest BCUT2D eigenvalue weighted by atomic mass is 19.1. The molecule has 0 unspecified atom stereocenters. The van der Waals surface area contributed by atoms with Crippen molar-refractivity contribution in [3.05, 3.63) is 36.3 Å². The number of hydrogen-bond acceptors (Lipinski definition) is 5. The van der Waals surface area contributed by atoms with E-state index in [0.717, 1.165) is 11.1 Å². The number of carbonyl (C=O) groups excluding carboxylic acids is 2. The van der Waals surface area contributed by atoms with Gasteiger partial charge in [-0.3, -0.25) is 4.98 Å². The highest BCUT2D eigenvalue weighted by molar-refractivity contribution is 5.91. The van der Waals surface area contributed by atoms with Gasteiger partial charge in [-0.05, 0) is 39.0 Å². The van der Waals surface area contributed by atoms with Crippen LogP contribution in [0.2, 0.25) is 0 Å². The number of benzene rings is 1. The van der Waals surface area contributed by atoms with Gasteiger partial charge in [0.15, 0.2) is 0 Å². The minimum atomic E-state index is -0.530. The number of hydrogen-bond donors (Lipinski definition) is 0. The first-order valence-corrected chi connectivity index (χ1v) is 11.0. The summed E-state index contributed by atoms with van der Waals surface area (Å²) in [5.74, 6) is -0.302. The average molecular weight is 444 g/mol. The number of fused-ring (bicyclic) bond motifs is 1. The van der Waals surface area contributed by atoms with Gasteiger partial charge in [0.25, 0.3) is 0 Å². The largest absolute Gasteiger partial charge is 0.444 e. The molecule has 32 heavy (non-hydrogen) atoms. The molecule has 2 aromatic rings. The lowest BCUT2D eigenvalue weighted by Crippen LogP contribution is -2.57. The van der Waals surface area contributed by atoms with Crippen LogP contribution in [0.15, 0.2) is 30.5 Å². The second-order valence-electron chi connectivity index (χ2n) is 9.20. The molecule has 0 radical (unpaired) electrons. The fraction of sp³-hybridized carbons (Fsp3) is 0.522. The van der Waals surface area contributed by atoms with Crippen molar-refractivity contribution in [3.8, 4) is 0 Å². The average Bonchev–Trinajstić information content (AvgIpc) is 2.77. The van der Waals surface area contributed by atoms with Crippen LogP contribution in [0.25, 0.3) is 10.9 Å². The second kappa shape index (κ2) is 8.80. The summed E-state index contributed by atoms with van der Waals surface area (Å²) in [6.07, 6.45) is 1.36. The van der Waals surface area contributed by atoms with Crippen molar-refractivity contribution in [2.24, 2.45) is 0 Å². The van der Waals surface area contributed by atoms with E-state index >= 15 is 0 Å². The highest BCUT2D eigenvalue weighted by Gasteiger charge is 2.31. The van der Waals surface area contributed by atoms with E-state index in [9.17, 15) is 14.0 Å². The van der Waals surface area contributed by atoms with E-state index in [0.29, 0.717) is 57.9 Å². The lowest BCUT2D eigenvalue weighted by molar-refractivity contribution is 0.0157. The summed E-state index contributed by atoms with van der Waals surface area (Å²) < 4.78 is 19.0. The molecule has 0 bridgehead atoms. The van der Waals surface area contributed by atoms with Gasteiger partial charge < -0.3 is 24.3 Å². The quantitative estimate of drug-likeness (QED) is 0.677. The number of nitrogens with zero attached hydrogens (tertiary/aromatic N) is 5. The van der Waals surface area contributed by atoms with Crippen molar-refractivity contribution < 1.29 is 18.7 Å². The van der Waals surface area contributed by atoms with Crippen LogP contribution in [0, 0.1) is 5.82 Å². The van der Waals surface area contributed by atoms with E-state index in [1.54, 1.807) is 22.1 Å². The molecule has 0 spiro atoms. The Hall–Kier alpha value is -3.10. The van der Waals surface area contributed by atoms with Crippen LogP contribution in [0.4, 0.5) is 19.7 Å². The molecule has 0 saturated carbocycles. The van der Waals surface area contributed by atoms with Crippen molar-refractivity contribution in [1.29, 1.82) is 0 Å². The number of halogens is 1. The summed E-state index contributed by atoms with van der Waals surface area (Å²) in [6.45, 7) is 10.1. The third-order valence-electron chi connectivity index (χ3n) is 5.77. The summed E-state index contributed by atoms with van der Waals surface area (Å²) in [7, 11) is 0. The third-order valence-corrected chi connectivity index (χ3v) is 5.77. The molecule has 2 fully saturated rings. The number of carbonyl (C=O) groups is 2. The molecule has 172 valence electrons. The molecule has 0 atom stereocenters. The van der Waals surface area contributed by atoms with Crippen LogP contribution in [-0.2, 0) is 4.74 Å². The molecule has 9 heteroatoms. The number of pyridine rings is 1. The Bertz CT molecular complexity index is 993. The first-order chi connectivity index (χ1) is 15.2. The fourth-order valence-electron chi connectivity index (χ4n) is 4.13. The van der Waals surface area contributed by atoms with Crippen LogP contribution in [-0.4, -0.2) is 89.8 Å². The SMILES string of the molecule is CC(C)(C)OC(=O)N1CCN(C(=O)N2CCN(c3ccnc4cc(F)ccc34)CC2)CC1. The Morgan fingerprint density at radius 1 is 0.906 bits per heavy atom. The van der Waals surface area contributed by atoms with Crippen molar-refractivity contribution in [3.63, 3.8) is 0 Å². The van der Waals surface area contributed by atoms with E-state index in [1.165, 1.54) is 12.1 Å². The number of amides is 3. The second-order valence-corrected chi connectivity index (χ2v) is 9.20. The molecule has 2 saturated heterocycles. The van der Waals surface area contributed by atoms with Crippen molar-refractivity contribution in [2.45, 2.75) is 26.4 Å². The zero-order chi connectivity index (χ0) is 22.9. The van der Waals surface area contributed by atoms with Crippen LogP contribution in [0.5, 0.6) is 0 Å². The minimum Gasteiger partial charge on any atom is -0.444 e. The third kappa shape index (κ3) is 4.87. The lowest BCUT2D eigenvalue weighted by Gasteiger charge is -2.41. The molecule has 3 heterocycles. The summed E-state index contributed by atoms with van der Waals surface area (Å²) in [5, 5.41) is 0.909. The number of rotatable bonds is 1. The monoisotopic (exact) mass is 443 g/mol. The Kier molecular flexibility index (Phi) is 6.08. The predicted molar refractivity (Wildman–Crippen MR) is 120 cm³/mol. The normalized spacial score (nSPS) is 17.6. The van der Waals surface area contributed by atoms with Crippen LogP contribution in [0.1, 0.15) is 20.8 Å². The van der Waals surface area contributed by atoms with Gasteiger partial charge in [-0.15, -0.1) is 0 Å². The smallest absolute Gasteiger partial charge is 0.410 e. The summed E-state index contributed by atoms with van der Waals surface area (Å²) in [5.41, 5.74) is 1.11. The van der Waals surface area contributed by atoms with Gasteiger partial charge in [-0.1, -0.05) is 0 Å². The van der Waals surface area contributed by atoms with E-state index in [4.69, 9.17) is 4.74 Å². The first-order valence-electron chi connectivity index (χ1n) is 11.0. The molecule has 1 aromatic heterocycles. The molecule has 4 rings (SSSR count). The topological polar surface area (TPSA) is 69.2 Å². The van der Waals surface area contributed by atoms with Gasteiger partial charge in [0, 0.05) is 75.7 Å². The van der Waals surface area contributed by atoms with Crippen molar-refractivity contribution in [1.82, 2.24) is 19.7 Å². The van der Waals surface area contributed by atoms with Crippen molar-refractivity contribution in [2.75, 3.05) is 57.3 Å². The summed E-state index contributed by atoms with van der Waals surface area (Å²) in [6, 6.07) is 6.59. The summed E-state index contributed by atoms with van der Waals surface area (Å²) in [4.78, 5) is 37.0. The lowest BCUT2D eigenvalue weighted by atomic mass is 10.1. The number of urea groups is 1. The fourth-order valence-corrected chi connectivity index (χ4v) is 4.13. The van der Waals surface area contributed by atoms with E-state index in [-0.39, 0.29) is 17.9 Å². The molecule has 8 nitrogen and oxygen atoms in total. The molecule has 0 aliphatic carbocycles. The molecular formula is C23H30FN5O3. The number of aromatic nitrogens is 1. The summed E-state index contributed by atoms with van der Waals surface area (Å²) >= 11 is 0. The van der Waals surface area contributed by atoms with E-state index in [2.05, 4.69) is 9.88 Å². The number of ether oxygens (including phenoxy) is 1. The van der Waals surface area contributed by atoms with E-state index < -0.39 is 5.60 Å². The molecule has 2 aliphatic rings. The van der Waals surface area contributed by atoms with Gasteiger partial charge in [-0.2, -0.15) is 0 Å². The van der Waals surface area contributed by atoms with Gasteiger partial charge >= 0.3 is 12.1 Å². The predicted octanol–water partition coefficient (Wildman–Crippen LogP) is 3.17. The standard InChI is InChI=1S/C23H30FN5O3/c1-23(2,3)32-22(31)29-14-12-28(13-15-29)21(30)27-10-8-26(9-11-27)20-6-7-25-19-16-17(24)4-5-18(19)20/h4-7,16H,8-15H2,1-3H3. The zero-order valence-corrected chi connectivity index (χ0v) is 18.9. The van der Waals surface area contributed by atoms with Crippen LogP contribution >= 0.6 is 0 Å². The number of anilines is 1. The Balaban J connectivity index is 1.32. The van der Waals surface area contributed by atoms with E-state index in [1.807, 2.05) is 31.7 Å². The Morgan fingerprint density at radius 3 is 2.12 bits per heavy atom. The molecule has 1 aromatic carbocycles. The van der Waals surface area contributed by atoms with Crippen LogP contribution < -0.4 is 4.90 Å². The maximum absolute atomic E-state index is 13.5. The highest BCUT2D eigenvalue weighted by Crippen LogP contribution is 2.27. The molecule has 0 N–H and O–H groups in total. The first kappa shape index (κ1) is 22.1. The Labute approximate surface area is 187 Å². The minimum absolute atomic E-state index is 0.00939. The maximum Gasteiger partial charge on any atom is 0.410 e. The molecule has 2 aliphatic heterocycles. The maximum atomic E-state index is 13.5. The van der Waals surface area contributed by atoms with Gasteiger partial charge in [-0.25, -0.2) is 14.0 Å². The zero-order valence-electron chi connectivity index (χ0n) is 18.9.